The van der Waals surface area contributed by atoms with Gasteiger partial charge in [-0.25, -0.2) is 4.79 Å². The third-order valence-corrected chi connectivity index (χ3v) is 3.78. The van der Waals surface area contributed by atoms with Gasteiger partial charge in [-0.05, 0) is 34.4 Å². The molecule has 2 N–H and O–H groups in total. The molecule has 1 amide bonds. The average molecular weight is 315 g/mol. The number of nitrogens with one attached hydrogen (secondary N) is 1. The van der Waals surface area contributed by atoms with Crippen molar-refractivity contribution in [2.75, 3.05) is 7.11 Å². The van der Waals surface area contributed by atoms with Gasteiger partial charge < -0.3 is 15.2 Å². The number of benzene rings is 2. The Balaban J connectivity index is 2.24. The van der Waals surface area contributed by atoms with Gasteiger partial charge in [0.25, 0.3) is 0 Å². The largest absolute Gasteiger partial charge is 0.497 e. The Labute approximate surface area is 135 Å². The van der Waals surface area contributed by atoms with E-state index >= 15 is 0 Å². The molecule has 0 aliphatic rings. The number of carboxylic acids is 1. The summed E-state index contributed by atoms with van der Waals surface area (Å²) in [5.41, 5.74) is 0.840. The van der Waals surface area contributed by atoms with E-state index in [2.05, 4.69) is 5.32 Å². The molecular weight excluding hydrogens is 294 g/mol. The maximum atomic E-state index is 12.2. The lowest BCUT2D eigenvalue weighted by molar-refractivity contribution is -0.143. The van der Waals surface area contributed by atoms with E-state index in [0.29, 0.717) is 0 Å². The minimum absolute atomic E-state index is 0.126. The quantitative estimate of drug-likeness (QED) is 0.859. The van der Waals surface area contributed by atoms with Gasteiger partial charge in [-0.1, -0.05) is 38.1 Å². The molecule has 0 saturated carbocycles. The number of carbonyl (C=O) groups excluding carboxylic acids is 1. The van der Waals surface area contributed by atoms with Crippen LogP contribution in [0, 0.1) is 5.92 Å². The number of hydrogen-bond donors (Lipinski definition) is 2. The number of aliphatic carboxylic acids is 1. The van der Waals surface area contributed by atoms with E-state index in [1.165, 1.54) is 0 Å². The number of methoxy groups -OCH3 is 1. The van der Waals surface area contributed by atoms with E-state index < -0.39 is 12.0 Å². The second kappa shape index (κ2) is 7.13. The maximum absolute atomic E-state index is 12.2. The normalized spacial score (nSPS) is 12.2. The lowest BCUT2D eigenvalue weighted by Gasteiger charge is -2.18. The molecule has 0 bridgehead atoms. The topological polar surface area (TPSA) is 75.6 Å². The number of carbonyl (C=O) groups is 2. The van der Waals surface area contributed by atoms with Crippen LogP contribution < -0.4 is 10.1 Å². The average Bonchev–Trinajstić information content (AvgIpc) is 2.52. The van der Waals surface area contributed by atoms with Gasteiger partial charge in [-0.2, -0.15) is 0 Å². The Morgan fingerprint density at radius 1 is 1.22 bits per heavy atom. The summed E-state index contributed by atoms with van der Waals surface area (Å²) < 4.78 is 5.23. The lowest BCUT2D eigenvalue weighted by atomic mass is 10.0. The fraction of sp³-hybridized carbons (Fsp3) is 0.333. The van der Waals surface area contributed by atoms with Crippen LogP contribution in [0.1, 0.15) is 19.4 Å². The van der Waals surface area contributed by atoms with E-state index in [9.17, 15) is 9.59 Å². The molecule has 2 aromatic rings. The molecule has 0 unspecified atom stereocenters. The van der Waals surface area contributed by atoms with E-state index in [0.717, 1.165) is 22.1 Å². The number of carboxylic acid groups (broad SMARTS) is 1. The summed E-state index contributed by atoms with van der Waals surface area (Å²) in [4.78, 5) is 23.4. The Morgan fingerprint density at radius 2 is 1.96 bits per heavy atom. The van der Waals surface area contributed by atoms with E-state index in [-0.39, 0.29) is 18.2 Å². The molecule has 2 rings (SSSR count). The molecular formula is C18H21NO4. The van der Waals surface area contributed by atoms with Crippen LogP contribution in [0.4, 0.5) is 0 Å². The molecule has 23 heavy (non-hydrogen) atoms. The Hall–Kier alpha value is -2.56. The molecule has 5 nitrogen and oxygen atoms in total. The zero-order valence-corrected chi connectivity index (χ0v) is 13.5. The molecule has 0 aromatic heterocycles. The van der Waals surface area contributed by atoms with Crippen LogP contribution in [0.5, 0.6) is 5.75 Å². The minimum Gasteiger partial charge on any atom is -0.497 e. The molecule has 0 aliphatic carbocycles. The molecule has 0 saturated heterocycles. The number of fused-ring (bicyclic) bond motifs is 1. The van der Waals surface area contributed by atoms with Crippen LogP contribution in [0.25, 0.3) is 10.8 Å². The van der Waals surface area contributed by atoms with Gasteiger partial charge in [0.2, 0.25) is 5.91 Å². The molecule has 2 aromatic carbocycles. The van der Waals surface area contributed by atoms with Gasteiger partial charge in [0, 0.05) is 0 Å². The summed E-state index contributed by atoms with van der Waals surface area (Å²) >= 11 is 0. The van der Waals surface area contributed by atoms with Crippen molar-refractivity contribution in [1.82, 2.24) is 5.32 Å². The standard InChI is InChI=1S/C18H21NO4/c1-11(2)17(18(21)22)19-16(20)9-13-6-4-5-12-7-8-14(23-3)10-15(12)13/h4-8,10-11,17H,9H2,1-3H3,(H,19,20)(H,21,22)/t17-/m0/s1. The van der Waals surface area contributed by atoms with Crippen molar-refractivity contribution in [1.29, 1.82) is 0 Å². The van der Waals surface area contributed by atoms with Gasteiger partial charge in [-0.15, -0.1) is 0 Å². The highest BCUT2D eigenvalue weighted by Crippen LogP contribution is 2.24. The Bertz CT molecular complexity index is 724. The summed E-state index contributed by atoms with van der Waals surface area (Å²) in [7, 11) is 1.59. The van der Waals surface area contributed by atoms with Gasteiger partial charge in [0.1, 0.15) is 11.8 Å². The second-order valence-electron chi connectivity index (χ2n) is 5.81. The van der Waals surface area contributed by atoms with Crippen molar-refractivity contribution in [3.05, 3.63) is 42.0 Å². The maximum Gasteiger partial charge on any atom is 0.326 e. The molecule has 122 valence electrons. The van der Waals surface area contributed by atoms with Crippen molar-refractivity contribution in [2.45, 2.75) is 26.3 Å². The van der Waals surface area contributed by atoms with Crippen molar-refractivity contribution in [2.24, 2.45) is 5.92 Å². The Morgan fingerprint density at radius 3 is 2.57 bits per heavy atom. The van der Waals surface area contributed by atoms with E-state index in [4.69, 9.17) is 9.84 Å². The summed E-state index contributed by atoms with van der Waals surface area (Å²) in [5, 5.41) is 13.7. The molecule has 1 atom stereocenters. The summed E-state index contributed by atoms with van der Waals surface area (Å²) in [6.45, 7) is 3.53. The summed E-state index contributed by atoms with van der Waals surface area (Å²) in [6, 6.07) is 10.5. The lowest BCUT2D eigenvalue weighted by Crippen LogP contribution is -2.44. The third-order valence-electron chi connectivity index (χ3n) is 3.78. The second-order valence-corrected chi connectivity index (χ2v) is 5.81. The monoisotopic (exact) mass is 315 g/mol. The molecule has 0 aliphatic heterocycles. The van der Waals surface area contributed by atoms with E-state index in [1.54, 1.807) is 21.0 Å². The van der Waals surface area contributed by atoms with Crippen molar-refractivity contribution in [3.63, 3.8) is 0 Å². The molecule has 0 spiro atoms. The highest BCUT2D eigenvalue weighted by molar-refractivity contribution is 5.92. The Kier molecular flexibility index (Phi) is 5.21. The SMILES string of the molecule is COc1ccc2cccc(CC(=O)N[C@H](C(=O)O)C(C)C)c2c1. The van der Waals surface area contributed by atoms with Crippen molar-refractivity contribution >= 4 is 22.6 Å². The van der Waals surface area contributed by atoms with Crippen molar-refractivity contribution in [3.8, 4) is 5.75 Å². The van der Waals surface area contributed by atoms with Gasteiger partial charge in [-0.3, -0.25) is 4.79 Å². The van der Waals surface area contributed by atoms with Gasteiger partial charge in [0.05, 0.1) is 13.5 Å². The number of amides is 1. The highest BCUT2D eigenvalue weighted by atomic mass is 16.5. The smallest absolute Gasteiger partial charge is 0.326 e. The van der Waals surface area contributed by atoms with Crippen LogP contribution in [-0.4, -0.2) is 30.1 Å². The zero-order chi connectivity index (χ0) is 17.0. The molecule has 0 fully saturated rings. The predicted molar refractivity (Wildman–Crippen MR) is 88.6 cm³/mol. The molecule has 0 heterocycles. The first kappa shape index (κ1) is 16.8. The highest BCUT2D eigenvalue weighted by Gasteiger charge is 2.23. The third kappa shape index (κ3) is 4.00. The fourth-order valence-electron chi connectivity index (χ4n) is 2.51. The predicted octanol–water partition coefficient (Wildman–Crippen LogP) is 2.62. The minimum atomic E-state index is -1.02. The first-order chi connectivity index (χ1) is 10.9. The fourth-order valence-corrected chi connectivity index (χ4v) is 2.51. The summed E-state index contributed by atoms with van der Waals surface area (Å²) in [6.07, 6.45) is 0.126. The summed E-state index contributed by atoms with van der Waals surface area (Å²) in [5.74, 6) is -0.783. The van der Waals surface area contributed by atoms with Crippen LogP contribution in [0.2, 0.25) is 0 Å². The van der Waals surface area contributed by atoms with Crippen LogP contribution in [0.3, 0.4) is 0 Å². The van der Waals surface area contributed by atoms with Crippen LogP contribution >= 0.6 is 0 Å². The van der Waals surface area contributed by atoms with Crippen LogP contribution in [0.15, 0.2) is 36.4 Å². The first-order valence-electron chi connectivity index (χ1n) is 7.50. The number of rotatable bonds is 6. The van der Waals surface area contributed by atoms with E-state index in [1.807, 2.05) is 36.4 Å². The van der Waals surface area contributed by atoms with Gasteiger partial charge >= 0.3 is 5.97 Å². The van der Waals surface area contributed by atoms with Crippen molar-refractivity contribution < 1.29 is 19.4 Å². The molecule has 0 radical (unpaired) electrons. The number of hydrogen-bond acceptors (Lipinski definition) is 3. The first-order valence-corrected chi connectivity index (χ1v) is 7.50. The zero-order valence-electron chi connectivity index (χ0n) is 13.5. The molecule has 5 heteroatoms. The van der Waals surface area contributed by atoms with Crippen LogP contribution in [-0.2, 0) is 16.0 Å². The van der Waals surface area contributed by atoms with Gasteiger partial charge in [0.15, 0.2) is 0 Å². The number of ether oxygens (including phenoxy) is 1.